The summed E-state index contributed by atoms with van der Waals surface area (Å²) in [6, 6.07) is 6.14. The lowest BCUT2D eigenvalue weighted by Gasteiger charge is -2.22. The summed E-state index contributed by atoms with van der Waals surface area (Å²) in [7, 11) is 0. The van der Waals surface area contributed by atoms with Crippen LogP contribution in [0.25, 0.3) is 0 Å². The number of aromatic nitrogens is 2. The van der Waals surface area contributed by atoms with Gasteiger partial charge in [-0.1, -0.05) is 29.8 Å². The molecule has 1 amide bonds. The van der Waals surface area contributed by atoms with Crippen molar-refractivity contribution < 1.29 is 14.7 Å². The number of hydrogen-bond acceptors (Lipinski definition) is 4. The Morgan fingerprint density at radius 1 is 1.29 bits per heavy atom. The number of carbonyl (C=O) groups is 2. The first-order valence-electron chi connectivity index (χ1n) is 6.20. The highest BCUT2D eigenvalue weighted by Crippen LogP contribution is 2.33. The molecule has 7 heteroatoms. The topological polar surface area (TPSA) is 83.4 Å². The van der Waals surface area contributed by atoms with E-state index in [2.05, 4.69) is 9.97 Å². The number of carboxylic acids is 1. The monoisotopic (exact) mass is 303 g/mol. The molecule has 0 bridgehead atoms. The molecule has 1 atom stereocenters. The zero-order valence-electron chi connectivity index (χ0n) is 10.7. The Hall–Kier alpha value is -2.47. The summed E-state index contributed by atoms with van der Waals surface area (Å²) in [6.45, 7) is 0. The summed E-state index contributed by atoms with van der Waals surface area (Å²) < 4.78 is 0. The third-order valence-electron chi connectivity index (χ3n) is 3.30. The summed E-state index contributed by atoms with van der Waals surface area (Å²) in [5, 5.41) is 9.43. The fourth-order valence-electron chi connectivity index (χ4n) is 2.40. The number of hydrogen-bond donors (Lipinski definition) is 1. The number of carboxylic acid groups (broad SMARTS) is 1. The summed E-state index contributed by atoms with van der Waals surface area (Å²) in [5.41, 5.74) is 1.41. The van der Waals surface area contributed by atoms with Crippen molar-refractivity contribution in [1.29, 1.82) is 0 Å². The molecule has 0 saturated heterocycles. The van der Waals surface area contributed by atoms with Crippen LogP contribution in [0.1, 0.15) is 16.1 Å². The lowest BCUT2D eigenvalue weighted by molar-refractivity contribution is -0.138. The molecule has 1 N–H and O–H groups in total. The third-order valence-corrected chi connectivity index (χ3v) is 3.49. The molecule has 1 unspecified atom stereocenters. The van der Waals surface area contributed by atoms with E-state index < -0.39 is 17.9 Å². The van der Waals surface area contributed by atoms with Crippen LogP contribution in [0.5, 0.6) is 0 Å². The van der Waals surface area contributed by atoms with Crippen LogP contribution < -0.4 is 4.90 Å². The number of para-hydroxylation sites is 1. The van der Waals surface area contributed by atoms with Crippen LogP contribution in [0.3, 0.4) is 0 Å². The van der Waals surface area contributed by atoms with E-state index in [-0.39, 0.29) is 17.3 Å². The number of carbonyl (C=O) groups excluding carboxylic acids is 1. The van der Waals surface area contributed by atoms with E-state index in [1.807, 2.05) is 12.1 Å². The molecule has 2 aromatic rings. The van der Waals surface area contributed by atoms with Crippen LogP contribution in [0, 0.1) is 0 Å². The van der Waals surface area contributed by atoms with Gasteiger partial charge in [-0.05, 0) is 11.6 Å². The van der Waals surface area contributed by atoms with Crippen molar-refractivity contribution in [2.24, 2.45) is 0 Å². The highest BCUT2D eigenvalue weighted by molar-refractivity contribution is 6.29. The molecule has 2 heterocycles. The minimum atomic E-state index is -1.06. The molecule has 0 radical (unpaired) electrons. The highest BCUT2D eigenvalue weighted by atomic mass is 35.5. The van der Waals surface area contributed by atoms with Gasteiger partial charge in [-0.2, -0.15) is 0 Å². The smallest absolute Gasteiger partial charge is 0.327 e. The van der Waals surface area contributed by atoms with Crippen molar-refractivity contribution in [3.8, 4) is 0 Å². The van der Waals surface area contributed by atoms with E-state index in [1.165, 1.54) is 17.3 Å². The number of aliphatic carboxylic acids is 1. The van der Waals surface area contributed by atoms with Gasteiger partial charge in [0.15, 0.2) is 0 Å². The van der Waals surface area contributed by atoms with Crippen LogP contribution >= 0.6 is 11.6 Å². The van der Waals surface area contributed by atoms with Gasteiger partial charge in [-0.25, -0.2) is 9.78 Å². The van der Waals surface area contributed by atoms with E-state index in [0.717, 1.165) is 5.56 Å². The van der Waals surface area contributed by atoms with Crippen molar-refractivity contribution in [3.63, 3.8) is 0 Å². The fraction of sp³-hybridized carbons (Fsp3) is 0.143. The number of fused-ring (bicyclic) bond motifs is 1. The molecule has 0 aliphatic carbocycles. The van der Waals surface area contributed by atoms with Crippen LogP contribution in [-0.4, -0.2) is 33.0 Å². The van der Waals surface area contributed by atoms with Crippen molar-refractivity contribution in [2.45, 2.75) is 12.5 Å². The SMILES string of the molecule is O=C(O)C1Cc2ccccc2N1C(=O)c1cncc(Cl)n1. The molecular weight excluding hydrogens is 294 g/mol. The Balaban J connectivity index is 2.05. The number of benzene rings is 1. The second kappa shape index (κ2) is 5.14. The maximum Gasteiger partial charge on any atom is 0.327 e. The summed E-state index contributed by atoms with van der Waals surface area (Å²) in [5.74, 6) is -1.59. The largest absolute Gasteiger partial charge is 0.480 e. The minimum absolute atomic E-state index is 0.0189. The lowest BCUT2D eigenvalue weighted by atomic mass is 10.1. The highest BCUT2D eigenvalue weighted by Gasteiger charge is 2.39. The molecule has 0 saturated carbocycles. The van der Waals surface area contributed by atoms with Crippen molar-refractivity contribution in [1.82, 2.24) is 9.97 Å². The first kappa shape index (κ1) is 13.5. The molecule has 1 aromatic carbocycles. The number of amides is 1. The molecule has 0 spiro atoms. The van der Waals surface area contributed by atoms with E-state index in [4.69, 9.17) is 11.6 Å². The third kappa shape index (κ3) is 2.34. The number of halogens is 1. The zero-order chi connectivity index (χ0) is 15.0. The minimum Gasteiger partial charge on any atom is -0.480 e. The molecule has 0 fully saturated rings. The fourth-order valence-corrected chi connectivity index (χ4v) is 2.55. The van der Waals surface area contributed by atoms with Gasteiger partial charge in [0.25, 0.3) is 5.91 Å². The molecule has 3 rings (SSSR count). The first-order chi connectivity index (χ1) is 10.1. The zero-order valence-corrected chi connectivity index (χ0v) is 11.5. The standard InChI is InChI=1S/C14H10ClN3O3/c15-12-7-16-6-9(17-12)13(19)18-10-4-2-1-3-8(10)5-11(18)14(20)21/h1-4,6-7,11H,5H2,(H,20,21). The predicted molar refractivity (Wildman–Crippen MR) is 75.4 cm³/mol. The van der Waals surface area contributed by atoms with Gasteiger partial charge in [-0.3, -0.25) is 14.7 Å². The van der Waals surface area contributed by atoms with Gasteiger partial charge in [0.2, 0.25) is 0 Å². The van der Waals surface area contributed by atoms with Gasteiger partial charge >= 0.3 is 5.97 Å². The Kier molecular flexibility index (Phi) is 3.31. The summed E-state index contributed by atoms with van der Waals surface area (Å²) >= 11 is 5.73. The number of nitrogens with zero attached hydrogens (tertiary/aromatic N) is 3. The molecule has 1 aliphatic heterocycles. The van der Waals surface area contributed by atoms with E-state index >= 15 is 0 Å². The van der Waals surface area contributed by atoms with Gasteiger partial charge in [-0.15, -0.1) is 0 Å². The van der Waals surface area contributed by atoms with Crippen LogP contribution in [0.2, 0.25) is 5.15 Å². The molecule has 21 heavy (non-hydrogen) atoms. The van der Waals surface area contributed by atoms with Crippen LogP contribution in [-0.2, 0) is 11.2 Å². The summed E-state index contributed by atoms with van der Waals surface area (Å²) in [6.07, 6.45) is 2.85. The second-order valence-electron chi connectivity index (χ2n) is 4.59. The van der Waals surface area contributed by atoms with Crippen molar-refractivity contribution >= 4 is 29.2 Å². The average molecular weight is 304 g/mol. The molecule has 106 valence electrons. The lowest BCUT2D eigenvalue weighted by Crippen LogP contribution is -2.43. The van der Waals surface area contributed by atoms with E-state index in [1.54, 1.807) is 12.1 Å². The Bertz CT molecular complexity index is 735. The Labute approximate surface area is 125 Å². The van der Waals surface area contributed by atoms with Gasteiger partial charge in [0, 0.05) is 12.1 Å². The summed E-state index contributed by atoms with van der Waals surface area (Å²) in [4.78, 5) is 33.0. The maximum absolute atomic E-state index is 12.6. The van der Waals surface area contributed by atoms with E-state index in [0.29, 0.717) is 5.69 Å². The Morgan fingerprint density at radius 3 is 2.76 bits per heavy atom. The van der Waals surface area contributed by atoms with Crippen LogP contribution in [0.4, 0.5) is 5.69 Å². The first-order valence-corrected chi connectivity index (χ1v) is 6.57. The average Bonchev–Trinajstić information content (AvgIpc) is 2.86. The number of anilines is 1. The van der Waals surface area contributed by atoms with Gasteiger partial charge in [0.1, 0.15) is 16.9 Å². The quantitative estimate of drug-likeness (QED) is 0.914. The molecule has 6 nitrogen and oxygen atoms in total. The van der Waals surface area contributed by atoms with Crippen molar-refractivity contribution in [3.05, 3.63) is 53.1 Å². The molecule has 1 aliphatic rings. The maximum atomic E-state index is 12.6. The van der Waals surface area contributed by atoms with Crippen molar-refractivity contribution in [2.75, 3.05) is 4.90 Å². The predicted octanol–water partition coefficient (Wildman–Crippen LogP) is 1.79. The normalized spacial score (nSPS) is 16.6. The van der Waals surface area contributed by atoms with Crippen LogP contribution in [0.15, 0.2) is 36.7 Å². The van der Waals surface area contributed by atoms with Gasteiger partial charge in [0.05, 0.1) is 12.4 Å². The number of rotatable bonds is 2. The molecular formula is C14H10ClN3O3. The second-order valence-corrected chi connectivity index (χ2v) is 4.98. The van der Waals surface area contributed by atoms with E-state index in [9.17, 15) is 14.7 Å². The Morgan fingerprint density at radius 2 is 2.05 bits per heavy atom. The van der Waals surface area contributed by atoms with Gasteiger partial charge < -0.3 is 5.11 Å². The molecule has 1 aromatic heterocycles.